The Bertz CT molecular complexity index is 107. The van der Waals surface area contributed by atoms with Gasteiger partial charge in [-0.1, -0.05) is 31.9 Å². The normalized spacial score (nSPS) is 10.5. The zero-order chi connectivity index (χ0) is 10.6. The molecule has 6 heteroatoms. The first kappa shape index (κ1) is 14.9. The van der Waals surface area contributed by atoms with Gasteiger partial charge in [-0.05, 0) is 25.7 Å². The molecular weight excluding hydrogens is 315 g/mol. The summed E-state index contributed by atoms with van der Waals surface area (Å²) in [6, 6.07) is 0. The highest BCUT2D eigenvalue weighted by atomic mass is 79.9. The van der Waals surface area contributed by atoms with Crippen LogP contribution >= 0.6 is 31.9 Å². The Kier molecular flexibility index (Phi) is 12.8. The SMILES string of the molecule is [O]B(OCCCCBr)OCCCCBr. The third-order valence-corrected chi connectivity index (χ3v) is 2.69. The van der Waals surface area contributed by atoms with Gasteiger partial charge in [0.05, 0.1) is 0 Å². The van der Waals surface area contributed by atoms with Gasteiger partial charge in [0.25, 0.3) is 0 Å². The lowest BCUT2D eigenvalue weighted by Crippen LogP contribution is -2.22. The Morgan fingerprint density at radius 1 is 0.857 bits per heavy atom. The molecule has 0 amide bonds. The molecule has 0 bridgehead atoms. The predicted octanol–water partition coefficient (Wildman–Crippen LogP) is 2.79. The molecule has 3 nitrogen and oxygen atoms in total. The van der Waals surface area contributed by atoms with E-state index < -0.39 is 7.32 Å². The molecule has 0 heterocycles. The lowest BCUT2D eigenvalue weighted by molar-refractivity contribution is 0.106. The van der Waals surface area contributed by atoms with Crippen molar-refractivity contribution in [3.05, 3.63) is 0 Å². The second-order valence-electron chi connectivity index (χ2n) is 2.82. The predicted molar refractivity (Wildman–Crippen MR) is 64.4 cm³/mol. The Labute approximate surface area is 103 Å². The summed E-state index contributed by atoms with van der Waals surface area (Å²) in [7, 11) is -1.30. The Hall–Kier alpha value is 0.905. The van der Waals surface area contributed by atoms with Crippen molar-refractivity contribution in [3.8, 4) is 0 Å². The second-order valence-corrected chi connectivity index (χ2v) is 4.41. The van der Waals surface area contributed by atoms with E-state index in [0.29, 0.717) is 13.2 Å². The van der Waals surface area contributed by atoms with Crippen molar-refractivity contribution in [2.75, 3.05) is 23.9 Å². The first-order valence-corrected chi connectivity index (χ1v) is 7.06. The fourth-order valence-electron chi connectivity index (χ4n) is 0.800. The molecule has 0 unspecified atom stereocenters. The zero-order valence-corrected chi connectivity index (χ0v) is 11.4. The number of alkyl halides is 2. The molecule has 1 radical (unpaired) electrons. The lowest BCUT2D eigenvalue weighted by Gasteiger charge is -2.06. The minimum atomic E-state index is -1.30. The molecule has 0 aliphatic carbocycles. The van der Waals surface area contributed by atoms with Crippen LogP contribution in [-0.2, 0) is 14.3 Å². The Morgan fingerprint density at radius 2 is 1.29 bits per heavy atom. The van der Waals surface area contributed by atoms with E-state index in [1.54, 1.807) is 0 Å². The summed E-state index contributed by atoms with van der Waals surface area (Å²) in [5, 5.41) is 12.9. The van der Waals surface area contributed by atoms with E-state index in [-0.39, 0.29) is 0 Å². The fourth-order valence-corrected chi connectivity index (χ4v) is 1.59. The summed E-state index contributed by atoms with van der Waals surface area (Å²) in [5.74, 6) is 0. The Balaban J connectivity index is 3.07. The van der Waals surface area contributed by atoms with Gasteiger partial charge in [-0.3, -0.25) is 0 Å². The maximum Gasteiger partial charge on any atom is 0.666 e. The van der Waals surface area contributed by atoms with Gasteiger partial charge in [0, 0.05) is 23.9 Å². The highest BCUT2D eigenvalue weighted by Crippen LogP contribution is 1.98. The zero-order valence-electron chi connectivity index (χ0n) is 8.21. The van der Waals surface area contributed by atoms with Crippen molar-refractivity contribution in [1.29, 1.82) is 0 Å². The molecule has 0 aromatic carbocycles. The van der Waals surface area contributed by atoms with E-state index >= 15 is 0 Å². The van der Waals surface area contributed by atoms with Crippen LogP contribution in [0.3, 0.4) is 0 Å². The van der Waals surface area contributed by atoms with Crippen molar-refractivity contribution in [1.82, 2.24) is 0 Å². The van der Waals surface area contributed by atoms with Crippen LogP contribution in [0.25, 0.3) is 0 Å². The molecule has 0 N–H and O–H groups in total. The van der Waals surface area contributed by atoms with Crippen molar-refractivity contribution in [2.24, 2.45) is 0 Å². The van der Waals surface area contributed by atoms with Gasteiger partial charge in [-0.15, -0.1) is 0 Å². The van der Waals surface area contributed by atoms with Crippen LogP contribution in [0.15, 0.2) is 0 Å². The monoisotopic (exact) mass is 329 g/mol. The smallest absolute Gasteiger partial charge is 0.384 e. The highest BCUT2D eigenvalue weighted by Gasteiger charge is 2.16. The van der Waals surface area contributed by atoms with Crippen LogP contribution in [0, 0.1) is 0 Å². The molecule has 0 fully saturated rings. The van der Waals surface area contributed by atoms with Crippen LogP contribution in [-0.4, -0.2) is 31.2 Å². The first-order chi connectivity index (χ1) is 6.81. The molecule has 0 atom stereocenters. The second kappa shape index (κ2) is 12.0. The summed E-state index contributed by atoms with van der Waals surface area (Å²) >= 11 is 6.61. The largest absolute Gasteiger partial charge is 0.666 e. The third-order valence-electron chi connectivity index (χ3n) is 1.56. The molecule has 0 saturated carbocycles. The van der Waals surface area contributed by atoms with E-state index in [4.69, 9.17) is 9.31 Å². The minimum absolute atomic E-state index is 0.484. The van der Waals surface area contributed by atoms with Gasteiger partial charge >= 0.3 is 7.32 Å². The first-order valence-electron chi connectivity index (χ1n) is 4.82. The van der Waals surface area contributed by atoms with E-state index in [9.17, 15) is 5.02 Å². The van der Waals surface area contributed by atoms with E-state index in [1.165, 1.54) is 0 Å². The molecule has 14 heavy (non-hydrogen) atoms. The maximum atomic E-state index is 11.0. The van der Waals surface area contributed by atoms with Gasteiger partial charge < -0.3 is 9.31 Å². The van der Waals surface area contributed by atoms with E-state index in [1.807, 2.05) is 0 Å². The fraction of sp³-hybridized carbons (Fsp3) is 1.00. The maximum absolute atomic E-state index is 11.0. The summed E-state index contributed by atoms with van der Waals surface area (Å²) in [6.07, 6.45) is 3.84. The van der Waals surface area contributed by atoms with Gasteiger partial charge in [0.2, 0.25) is 0 Å². The van der Waals surface area contributed by atoms with Crippen LogP contribution in [0.4, 0.5) is 0 Å². The molecule has 0 rings (SSSR count). The molecule has 0 aromatic heterocycles. The number of hydrogen-bond acceptors (Lipinski definition) is 2. The van der Waals surface area contributed by atoms with Crippen molar-refractivity contribution in [2.45, 2.75) is 25.7 Å². The molecule has 0 saturated heterocycles. The summed E-state index contributed by atoms with van der Waals surface area (Å²) < 4.78 is 9.83. The number of rotatable bonds is 10. The number of unbranched alkanes of at least 4 members (excludes halogenated alkanes) is 2. The lowest BCUT2D eigenvalue weighted by atomic mass is 10.2. The van der Waals surface area contributed by atoms with Crippen LogP contribution < -0.4 is 0 Å². The highest BCUT2D eigenvalue weighted by molar-refractivity contribution is 9.09. The standard InChI is InChI=1S/C8H16BBr2O3/c10-5-1-3-7-13-9(12)14-8-4-2-6-11/h1-8H2. The van der Waals surface area contributed by atoms with E-state index in [2.05, 4.69) is 31.9 Å². The van der Waals surface area contributed by atoms with Gasteiger partial charge in [0.15, 0.2) is 0 Å². The topological polar surface area (TPSA) is 38.4 Å². The quantitative estimate of drug-likeness (QED) is 0.351. The molecule has 0 aliphatic heterocycles. The molecule has 0 spiro atoms. The molecule has 83 valence electrons. The Morgan fingerprint density at radius 3 is 1.64 bits per heavy atom. The molecule has 0 aliphatic rings. The van der Waals surface area contributed by atoms with Gasteiger partial charge in [-0.25, -0.2) is 5.02 Å². The van der Waals surface area contributed by atoms with Crippen LogP contribution in [0.5, 0.6) is 0 Å². The van der Waals surface area contributed by atoms with Crippen molar-refractivity contribution >= 4 is 39.2 Å². The van der Waals surface area contributed by atoms with Crippen molar-refractivity contribution in [3.63, 3.8) is 0 Å². The average Bonchev–Trinajstić information content (AvgIpc) is 2.19. The summed E-state index contributed by atoms with van der Waals surface area (Å²) in [6.45, 7) is 0.969. The van der Waals surface area contributed by atoms with E-state index in [0.717, 1.165) is 36.3 Å². The molecular formula is C8H16BBr2O3. The molecule has 0 aromatic rings. The minimum Gasteiger partial charge on any atom is -0.384 e. The third kappa shape index (κ3) is 11.0. The van der Waals surface area contributed by atoms with Gasteiger partial charge in [-0.2, -0.15) is 0 Å². The average molecular weight is 331 g/mol. The number of halogens is 2. The number of hydrogen-bond donors (Lipinski definition) is 0. The van der Waals surface area contributed by atoms with Gasteiger partial charge in [0.1, 0.15) is 0 Å². The van der Waals surface area contributed by atoms with Crippen LogP contribution in [0.1, 0.15) is 25.7 Å². The summed E-state index contributed by atoms with van der Waals surface area (Å²) in [4.78, 5) is 0. The van der Waals surface area contributed by atoms with Crippen molar-refractivity contribution < 1.29 is 14.3 Å². The summed E-state index contributed by atoms with van der Waals surface area (Å²) in [5.41, 5.74) is 0. The van der Waals surface area contributed by atoms with Crippen LogP contribution in [0.2, 0.25) is 0 Å².